The van der Waals surface area contributed by atoms with Gasteiger partial charge < -0.3 is 11.1 Å². The third-order valence-corrected chi connectivity index (χ3v) is 4.09. The van der Waals surface area contributed by atoms with Crippen LogP contribution >= 0.6 is 11.8 Å². The molecule has 1 aliphatic rings. The van der Waals surface area contributed by atoms with Gasteiger partial charge in [0.2, 0.25) is 5.91 Å². The van der Waals surface area contributed by atoms with Gasteiger partial charge in [-0.1, -0.05) is 0 Å². The summed E-state index contributed by atoms with van der Waals surface area (Å²) in [6, 6.07) is 2.36. The lowest BCUT2D eigenvalue weighted by Gasteiger charge is -2.14. The maximum atomic E-state index is 11.3. The van der Waals surface area contributed by atoms with Crippen molar-refractivity contribution < 1.29 is 4.79 Å². The summed E-state index contributed by atoms with van der Waals surface area (Å²) >= 11 is 1.71. The maximum Gasteiger partial charge on any atom is 0.234 e. The van der Waals surface area contributed by atoms with Gasteiger partial charge in [-0.25, -0.2) is 0 Å². The van der Waals surface area contributed by atoms with E-state index in [9.17, 15) is 4.79 Å². The number of carbonyl (C=O) groups is 1. The third kappa shape index (κ3) is 3.74. The van der Waals surface area contributed by atoms with Crippen LogP contribution in [0.5, 0.6) is 0 Å². The Hall–Kier alpha value is -1.01. The van der Waals surface area contributed by atoms with Crippen LogP contribution in [-0.4, -0.2) is 33.5 Å². The minimum Gasteiger partial charge on any atom is -0.368 e. The number of hydrogen-bond acceptors (Lipinski definition) is 4. The Kier molecular flexibility index (Phi) is 4.29. The van der Waals surface area contributed by atoms with Crippen LogP contribution in [0.1, 0.15) is 25.0 Å². The molecule has 2 rings (SSSR count). The lowest BCUT2D eigenvalue weighted by molar-refractivity contribution is -0.120. The van der Waals surface area contributed by atoms with E-state index in [1.54, 1.807) is 11.8 Å². The number of carbonyl (C=O) groups excluding carboxylic acids is 1. The minimum absolute atomic E-state index is 0.195. The molecule has 0 aromatic carbocycles. The summed E-state index contributed by atoms with van der Waals surface area (Å²) in [6.45, 7) is 1.98. The molecule has 0 aliphatic heterocycles. The molecule has 0 spiro atoms. The van der Waals surface area contributed by atoms with Crippen molar-refractivity contribution in [1.82, 2.24) is 15.1 Å². The number of thioether (sulfide) groups is 1. The molecule has 1 aliphatic carbocycles. The van der Waals surface area contributed by atoms with E-state index >= 15 is 0 Å². The van der Waals surface area contributed by atoms with E-state index in [0.717, 1.165) is 35.7 Å². The summed E-state index contributed by atoms with van der Waals surface area (Å²) < 4.78 is 1.87. The minimum atomic E-state index is -0.247. The van der Waals surface area contributed by atoms with Crippen LogP contribution in [0.4, 0.5) is 0 Å². The van der Waals surface area contributed by atoms with Gasteiger partial charge in [0.25, 0.3) is 0 Å². The number of aromatic nitrogens is 2. The van der Waals surface area contributed by atoms with E-state index in [0.29, 0.717) is 6.04 Å². The molecule has 1 aromatic heterocycles. The molecule has 100 valence electrons. The molecule has 1 saturated carbocycles. The predicted molar refractivity (Wildman–Crippen MR) is 72.4 cm³/mol. The highest BCUT2D eigenvalue weighted by atomic mass is 32.2. The summed E-state index contributed by atoms with van der Waals surface area (Å²) in [5.41, 5.74) is 6.41. The van der Waals surface area contributed by atoms with E-state index < -0.39 is 0 Å². The summed E-state index contributed by atoms with van der Waals surface area (Å²) in [4.78, 5) is 11.3. The van der Waals surface area contributed by atoms with Crippen molar-refractivity contribution in [2.45, 2.75) is 43.3 Å². The fraction of sp³-hybridized carbons (Fsp3) is 0.667. The highest BCUT2D eigenvalue weighted by molar-refractivity contribution is 7.99. The van der Waals surface area contributed by atoms with E-state index in [-0.39, 0.29) is 11.9 Å². The molecule has 1 unspecified atom stereocenters. The molecular formula is C12H20N4OS. The predicted octanol–water partition coefficient (Wildman–Crippen LogP) is 0.817. The number of aryl methyl sites for hydroxylation is 2. The number of amides is 1. The van der Waals surface area contributed by atoms with Crippen molar-refractivity contribution in [3.63, 3.8) is 0 Å². The van der Waals surface area contributed by atoms with Crippen LogP contribution in [0.3, 0.4) is 0 Å². The number of nitrogens with two attached hydrogens (primary N) is 1. The van der Waals surface area contributed by atoms with E-state index in [4.69, 9.17) is 5.73 Å². The zero-order valence-corrected chi connectivity index (χ0v) is 11.7. The molecule has 0 bridgehead atoms. The van der Waals surface area contributed by atoms with Gasteiger partial charge in [-0.05, 0) is 32.3 Å². The summed E-state index contributed by atoms with van der Waals surface area (Å²) in [5.74, 6) is 0.621. The van der Waals surface area contributed by atoms with Crippen molar-refractivity contribution in [3.8, 4) is 0 Å². The molecule has 5 nitrogen and oxygen atoms in total. The van der Waals surface area contributed by atoms with E-state index in [1.807, 2.05) is 18.7 Å². The normalized spacial score (nSPS) is 16.8. The average molecular weight is 268 g/mol. The van der Waals surface area contributed by atoms with Gasteiger partial charge >= 0.3 is 0 Å². The quantitative estimate of drug-likeness (QED) is 0.718. The van der Waals surface area contributed by atoms with Crippen molar-refractivity contribution in [3.05, 3.63) is 11.8 Å². The number of nitrogens with one attached hydrogen (secondary N) is 1. The van der Waals surface area contributed by atoms with Crippen LogP contribution in [-0.2, 0) is 11.8 Å². The van der Waals surface area contributed by atoms with Crippen LogP contribution < -0.4 is 11.1 Å². The van der Waals surface area contributed by atoms with Gasteiger partial charge in [-0.3, -0.25) is 9.48 Å². The van der Waals surface area contributed by atoms with Gasteiger partial charge in [-0.2, -0.15) is 5.10 Å². The summed E-state index contributed by atoms with van der Waals surface area (Å²) in [5, 5.41) is 8.70. The molecular weight excluding hydrogens is 248 g/mol. The Labute approximate surface area is 111 Å². The molecule has 1 amide bonds. The first kappa shape index (κ1) is 13.4. The van der Waals surface area contributed by atoms with Crippen molar-refractivity contribution >= 4 is 17.7 Å². The van der Waals surface area contributed by atoms with Crippen LogP contribution in [0.2, 0.25) is 0 Å². The third-order valence-electron chi connectivity index (χ3n) is 2.97. The fourth-order valence-corrected chi connectivity index (χ4v) is 2.89. The maximum absolute atomic E-state index is 11.3. The zero-order chi connectivity index (χ0) is 13.1. The van der Waals surface area contributed by atoms with Gasteiger partial charge in [0, 0.05) is 18.8 Å². The Bertz CT molecular complexity index is 428. The fourth-order valence-electron chi connectivity index (χ4n) is 1.85. The Balaban J connectivity index is 1.78. The summed E-state index contributed by atoms with van der Waals surface area (Å²) in [7, 11) is 1.93. The average Bonchev–Trinajstić information content (AvgIpc) is 3.04. The molecule has 6 heteroatoms. The molecule has 3 N–H and O–H groups in total. The van der Waals surface area contributed by atoms with Gasteiger partial charge in [0.05, 0.1) is 16.8 Å². The highest BCUT2D eigenvalue weighted by Gasteiger charge is 2.26. The first-order valence-electron chi connectivity index (χ1n) is 6.25. The largest absolute Gasteiger partial charge is 0.368 e. The van der Waals surface area contributed by atoms with E-state index in [2.05, 4.69) is 16.5 Å². The van der Waals surface area contributed by atoms with Crippen LogP contribution in [0, 0.1) is 6.92 Å². The molecule has 18 heavy (non-hydrogen) atoms. The number of rotatable bonds is 7. The Morgan fingerprint density at radius 1 is 1.72 bits per heavy atom. The molecule has 1 heterocycles. The topological polar surface area (TPSA) is 72.9 Å². The lowest BCUT2D eigenvalue weighted by atomic mass is 10.2. The molecule has 0 radical (unpaired) electrons. The van der Waals surface area contributed by atoms with E-state index in [1.165, 1.54) is 0 Å². The lowest BCUT2D eigenvalue weighted by Crippen LogP contribution is -2.42. The molecule has 1 atom stereocenters. The SMILES string of the molecule is Cc1cc(SCCC(NC2CC2)C(N)=O)n(C)n1. The first-order valence-corrected chi connectivity index (χ1v) is 7.23. The monoisotopic (exact) mass is 268 g/mol. The van der Waals surface area contributed by atoms with Crippen LogP contribution in [0.15, 0.2) is 11.1 Å². The second-order valence-corrected chi connectivity index (χ2v) is 5.90. The van der Waals surface area contributed by atoms with Crippen molar-refractivity contribution in [1.29, 1.82) is 0 Å². The number of hydrogen-bond donors (Lipinski definition) is 2. The zero-order valence-electron chi connectivity index (χ0n) is 10.8. The highest BCUT2D eigenvalue weighted by Crippen LogP contribution is 2.22. The second kappa shape index (κ2) is 5.75. The molecule has 0 saturated heterocycles. The number of nitrogens with zero attached hydrogens (tertiary/aromatic N) is 2. The Morgan fingerprint density at radius 2 is 2.44 bits per heavy atom. The van der Waals surface area contributed by atoms with Gasteiger partial charge in [0.15, 0.2) is 0 Å². The van der Waals surface area contributed by atoms with Crippen molar-refractivity contribution in [2.24, 2.45) is 12.8 Å². The smallest absolute Gasteiger partial charge is 0.234 e. The van der Waals surface area contributed by atoms with Crippen molar-refractivity contribution in [2.75, 3.05) is 5.75 Å². The Morgan fingerprint density at radius 3 is 2.94 bits per heavy atom. The second-order valence-electron chi connectivity index (χ2n) is 4.78. The van der Waals surface area contributed by atoms with Gasteiger partial charge in [-0.15, -0.1) is 11.8 Å². The first-order chi connectivity index (χ1) is 8.56. The molecule has 1 aromatic rings. The summed E-state index contributed by atoms with van der Waals surface area (Å²) in [6.07, 6.45) is 3.09. The van der Waals surface area contributed by atoms with Gasteiger partial charge in [0.1, 0.15) is 0 Å². The standard InChI is InChI=1S/C12H20N4OS/c1-8-7-11(16(2)15-8)18-6-5-10(12(13)17)14-9-3-4-9/h7,9-10,14H,3-6H2,1-2H3,(H2,13,17). The van der Waals surface area contributed by atoms with Crippen LogP contribution in [0.25, 0.3) is 0 Å². The molecule has 1 fully saturated rings. The number of primary amides is 1.